The lowest BCUT2D eigenvalue weighted by Gasteiger charge is -2.45. The topological polar surface area (TPSA) is 61.8 Å². The predicted octanol–water partition coefficient (Wildman–Crippen LogP) is 6.03. The summed E-state index contributed by atoms with van der Waals surface area (Å²) in [6.07, 6.45) is 8.49. The highest BCUT2D eigenvalue weighted by Gasteiger charge is 2.46. The van der Waals surface area contributed by atoms with E-state index in [1.165, 1.54) is 6.92 Å². The molecule has 2 aliphatic rings. The Morgan fingerprint density at radius 2 is 1.94 bits per heavy atom. The molecule has 1 fully saturated rings. The molecule has 6 atom stereocenters. The smallest absolute Gasteiger partial charge is 0.306 e. The standard InChI is InChI=1S/C25H44O5Si/c1-9-20-13-11-15-22(28-18(3)26)17(2)24(30-31(7,8)25(4,5)6)21-14-10-12-19(21)16-23(27)29-20/h10,12,17,19-22,24H,9,11,13-16H2,1-8H3/t17-,19+,20+,21+,22+,24+/m1/s1. The lowest BCUT2D eigenvalue weighted by molar-refractivity contribution is -0.154. The van der Waals surface area contributed by atoms with Gasteiger partial charge in [-0.25, -0.2) is 0 Å². The second-order valence-corrected chi connectivity index (χ2v) is 15.8. The fraction of sp³-hybridized carbons (Fsp3) is 0.840. The minimum Gasteiger partial charge on any atom is -0.462 e. The molecular weight excluding hydrogens is 408 g/mol. The summed E-state index contributed by atoms with van der Waals surface area (Å²) in [5.74, 6) is -0.00589. The number of hydrogen-bond donors (Lipinski definition) is 0. The molecule has 0 saturated carbocycles. The van der Waals surface area contributed by atoms with E-state index in [0.717, 1.165) is 32.1 Å². The number of esters is 2. The molecule has 0 aromatic rings. The number of rotatable bonds is 4. The molecule has 31 heavy (non-hydrogen) atoms. The lowest BCUT2D eigenvalue weighted by atomic mass is 9.79. The molecule has 1 aliphatic carbocycles. The van der Waals surface area contributed by atoms with Crippen molar-refractivity contribution in [2.45, 2.75) is 117 Å². The predicted molar refractivity (Wildman–Crippen MR) is 126 cm³/mol. The Labute approximate surface area is 190 Å². The van der Waals surface area contributed by atoms with Crippen LogP contribution in [0.3, 0.4) is 0 Å². The molecule has 0 aromatic heterocycles. The summed E-state index contributed by atoms with van der Waals surface area (Å²) in [7, 11) is -2.07. The van der Waals surface area contributed by atoms with Crippen molar-refractivity contribution in [2.24, 2.45) is 17.8 Å². The van der Waals surface area contributed by atoms with Gasteiger partial charge in [0.1, 0.15) is 12.2 Å². The number of carbonyl (C=O) groups is 2. The van der Waals surface area contributed by atoms with E-state index in [1.807, 2.05) is 0 Å². The van der Waals surface area contributed by atoms with E-state index < -0.39 is 8.32 Å². The Morgan fingerprint density at radius 3 is 2.52 bits per heavy atom. The molecule has 0 unspecified atom stereocenters. The van der Waals surface area contributed by atoms with Gasteiger partial charge in [0.2, 0.25) is 0 Å². The molecule has 5 nitrogen and oxygen atoms in total. The first-order valence-corrected chi connectivity index (χ1v) is 15.0. The maximum absolute atomic E-state index is 12.7. The van der Waals surface area contributed by atoms with Crippen LogP contribution in [0.5, 0.6) is 0 Å². The zero-order valence-electron chi connectivity index (χ0n) is 20.9. The molecule has 0 spiro atoms. The number of cyclic esters (lactones) is 1. The third kappa shape index (κ3) is 6.92. The summed E-state index contributed by atoms with van der Waals surface area (Å²) in [6.45, 7) is 17.0. The maximum Gasteiger partial charge on any atom is 0.306 e. The summed E-state index contributed by atoms with van der Waals surface area (Å²) in [5.41, 5.74) is 0. The summed E-state index contributed by atoms with van der Waals surface area (Å²) in [5, 5.41) is 0.0716. The van der Waals surface area contributed by atoms with E-state index in [2.05, 4.69) is 59.9 Å². The van der Waals surface area contributed by atoms with Gasteiger partial charge in [-0.3, -0.25) is 9.59 Å². The zero-order valence-corrected chi connectivity index (χ0v) is 21.9. The quantitative estimate of drug-likeness (QED) is 0.296. The highest BCUT2D eigenvalue weighted by Crippen LogP contribution is 2.44. The number of allylic oxidation sites excluding steroid dienone is 2. The summed E-state index contributed by atoms with van der Waals surface area (Å²) < 4.78 is 18.7. The molecule has 0 amide bonds. The van der Waals surface area contributed by atoms with Crippen molar-refractivity contribution < 1.29 is 23.5 Å². The van der Waals surface area contributed by atoms with Crippen LogP contribution in [0.25, 0.3) is 0 Å². The van der Waals surface area contributed by atoms with Crippen LogP contribution in [0, 0.1) is 17.8 Å². The fourth-order valence-corrected chi connectivity index (χ4v) is 6.02. The molecule has 1 heterocycles. The van der Waals surface area contributed by atoms with Crippen LogP contribution in [0.2, 0.25) is 18.1 Å². The van der Waals surface area contributed by atoms with Crippen molar-refractivity contribution >= 4 is 20.3 Å². The third-order valence-electron chi connectivity index (χ3n) is 7.59. The third-order valence-corrected chi connectivity index (χ3v) is 12.1. The first kappa shape index (κ1) is 26.1. The van der Waals surface area contributed by atoms with Crippen molar-refractivity contribution in [3.05, 3.63) is 12.2 Å². The van der Waals surface area contributed by atoms with Crippen LogP contribution in [0.1, 0.15) is 80.1 Å². The van der Waals surface area contributed by atoms with Crippen molar-refractivity contribution in [3.8, 4) is 0 Å². The molecular formula is C25H44O5Si. The van der Waals surface area contributed by atoms with Gasteiger partial charge in [0.05, 0.1) is 12.5 Å². The van der Waals surface area contributed by atoms with Crippen molar-refractivity contribution in [1.29, 1.82) is 0 Å². The molecule has 0 bridgehead atoms. The second kappa shape index (κ2) is 10.6. The van der Waals surface area contributed by atoms with Gasteiger partial charge in [-0.15, -0.1) is 0 Å². The molecule has 1 saturated heterocycles. The Morgan fingerprint density at radius 1 is 1.26 bits per heavy atom. The van der Waals surface area contributed by atoms with Gasteiger partial charge >= 0.3 is 11.9 Å². The van der Waals surface area contributed by atoms with Gasteiger partial charge in [-0.2, -0.15) is 0 Å². The number of carbonyl (C=O) groups excluding carboxylic acids is 2. The number of hydrogen-bond acceptors (Lipinski definition) is 5. The molecule has 0 aromatic carbocycles. The number of fused-ring (bicyclic) bond motifs is 1. The average Bonchev–Trinajstić information content (AvgIpc) is 3.09. The summed E-state index contributed by atoms with van der Waals surface area (Å²) >= 11 is 0. The molecule has 6 heteroatoms. The van der Waals surface area contributed by atoms with Crippen molar-refractivity contribution in [3.63, 3.8) is 0 Å². The molecule has 2 rings (SSSR count). The van der Waals surface area contributed by atoms with E-state index in [9.17, 15) is 9.59 Å². The first-order valence-electron chi connectivity index (χ1n) is 12.1. The van der Waals surface area contributed by atoms with E-state index in [4.69, 9.17) is 13.9 Å². The Kier molecular flexibility index (Phi) is 8.97. The first-order chi connectivity index (χ1) is 14.4. The fourth-order valence-electron chi connectivity index (χ4n) is 4.60. The lowest BCUT2D eigenvalue weighted by Crippen LogP contribution is -2.51. The summed E-state index contributed by atoms with van der Waals surface area (Å²) in [4.78, 5) is 24.6. The highest BCUT2D eigenvalue weighted by molar-refractivity contribution is 6.74. The van der Waals surface area contributed by atoms with Crippen LogP contribution in [0.4, 0.5) is 0 Å². The Bertz CT molecular complexity index is 651. The van der Waals surface area contributed by atoms with Crippen LogP contribution in [-0.4, -0.2) is 38.6 Å². The Balaban J connectivity index is 2.40. The van der Waals surface area contributed by atoms with Gasteiger partial charge in [-0.05, 0) is 62.1 Å². The van der Waals surface area contributed by atoms with Crippen LogP contribution >= 0.6 is 0 Å². The molecule has 1 aliphatic heterocycles. The van der Waals surface area contributed by atoms with Crippen molar-refractivity contribution in [2.75, 3.05) is 0 Å². The van der Waals surface area contributed by atoms with Gasteiger partial charge < -0.3 is 13.9 Å². The minimum absolute atomic E-state index is 0.0564. The normalized spacial score (nSPS) is 33.1. The minimum atomic E-state index is -2.07. The largest absolute Gasteiger partial charge is 0.462 e. The monoisotopic (exact) mass is 452 g/mol. The van der Waals surface area contributed by atoms with E-state index in [1.54, 1.807) is 0 Å². The maximum atomic E-state index is 12.7. The van der Waals surface area contributed by atoms with Crippen LogP contribution < -0.4 is 0 Å². The summed E-state index contributed by atoms with van der Waals surface area (Å²) in [6, 6.07) is 0. The van der Waals surface area contributed by atoms with Gasteiger partial charge in [-0.1, -0.05) is 46.8 Å². The molecule has 0 radical (unpaired) electrons. The second-order valence-electron chi connectivity index (χ2n) is 11.0. The molecule has 178 valence electrons. The van der Waals surface area contributed by atoms with Gasteiger partial charge in [0.15, 0.2) is 8.32 Å². The highest BCUT2D eigenvalue weighted by atomic mass is 28.4. The van der Waals surface area contributed by atoms with Gasteiger partial charge in [0, 0.05) is 12.8 Å². The van der Waals surface area contributed by atoms with Crippen LogP contribution in [0.15, 0.2) is 12.2 Å². The van der Waals surface area contributed by atoms with E-state index in [-0.39, 0.29) is 53.0 Å². The van der Waals surface area contributed by atoms with E-state index in [0.29, 0.717) is 6.42 Å². The van der Waals surface area contributed by atoms with Crippen molar-refractivity contribution in [1.82, 2.24) is 0 Å². The average molecular weight is 453 g/mol. The SMILES string of the molecule is CC[C@H]1CCC[C@H](OC(C)=O)[C@@H](C)[C@H](O[Si](C)(C)C(C)(C)C)[C@H]2CC=C[C@H]2CC(=O)O1. The van der Waals surface area contributed by atoms with E-state index >= 15 is 0 Å². The zero-order chi connectivity index (χ0) is 23.4. The number of ether oxygens (including phenoxy) is 2. The van der Waals surface area contributed by atoms with Crippen LogP contribution in [-0.2, 0) is 23.5 Å². The van der Waals surface area contributed by atoms with Gasteiger partial charge in [0.25, 0.3) is 0 Å². The molecule has 0 N–H and O–H groups in total. The Hall–Kier alpha value is -1.14.